The van der Waals surface area contributed by atoms with Crippen molar-refractivity contribution in [3.8, 4) is 0 Å². The molecule has 0 aliphatic carbocycles. The minimum absolute atomic E-state index is 0.363. The van der Waals surface area contributed by atoms with Gasteiger partial charge in [0.1, 0.15) is 5.60 Å². The monoisotopic (exact) mass is 310 g/mol. The maximum atomic E-state index is 12.0. The molecular formula is C16H23ClN2O2. The molecule has 1 aromatic carbocycles. The largest absolute Gasteiger partial charge is 0.444 e. The molecule has 0 spiro atoms. The van der Waals surface area contributed by atoms with Gasteiger partial charge in [-0.1, -0.05) is 11.6 Å². The molecule has 1 saturated heterocycles. The number of anilines is 1. The maximum absolute atomic E-state index is 12.0. The van der Waals surface area contributed by atoms with E-state index in [4.69, 9.17) is 16.3 Å². The molecule has 1 fully saturated rings. The zero-order chi connectivity index (χ0) is 15.5. The molecule has 1 atom stereocenters. The molecule has 2 N–H and O–H groups in total. The maximum Gasteiger partial charge on any atom is 0.412 e. The summed E-state index contributed by atoms with van der Waals surface area (Å²) in [6, 6.07) is 5.57. The molecule has 116 valence electrons. The van der Waals surface area contributed by atoms with Crippen LogP contribution in [-0.2, 0) is 4.74 Å². The SMILES string of the molecule is CC(C)(C)OC(=O)Nc1ccc(Cl)cc1C1CCCNC1. The van der Waals surface area contributed by atoms with Crippen LogP contribution in [0.4, 0.5) is 10.5 Å². The van der Waals surface area contributed by atoms with Crippen molar-refractivity contribution in [3.63, 3.8) is 0 Å². The molecule has 1 aliphatic heterocycles. The van der Waals surface area contributed by atoms with Crippen molar-refractivity contribution < 1.29 is 9.53 Å². The lowest BCUT2D eigenvalue weighted by molar-refractivity contribution is 0.0635. The summed E-state index contributed by atoms with van der Waals surface area (Å²) >= 11 is 6.11. The van der Waals surface area contributed by atoms with Crippen molar-refractivity contribution in [1.82, 2.24) is 5.32 Å². The van der Waals surface area contributed by atoms with Crippen molar-refractivity contribution in [2.45, 2.75) is 45.1 Å². The Labute approximate surface area is 131 Å². The third-order valence-corrected chi connectivity index (χ3v) is 3.62. The van der Waals surface area contributed by atoms with Crippen molar-refractivity contribution in [3.05, 3.63) is 28.8 Å². The van der Waals surface area contributed by atoms with Crippen LogP contribution in [0.1, 0.15) is 45.1 Å². The van der Waals surface area contributed by atoms with Crippen LogP contribution in [0.25, 0.3) is 0 Å². The van der Waals surface area contributed by atoms with Gasteiger partial charge in [-0.25, -0.2) is 4.79 Å². The lowest BCUT2D eigenvalue weighted by Crippen LogP contribution is -2.30. The van der Waals surface area contributed by atoms with E-state index in [-0.39, 0.29) is 0 Å². The van der Waals surface area contributed by atoms with E-state index in [0.29, 0.717) is 10.9 Å². The smallest absolute Gasteiger partial charge is 0.412 e. The number of ether oxygens (including phenoxy) is 1. The molecule has 0 radical (unpaired) electrons. The number of hydrogen-bond acceptors (Lipinski definition) is 3. The standard InChI is InChI=1S/C16H23ClN2O2/c1-16(2,3)21-15(20)19-14-7-6-12(17)9-13(14)11-5-4-8-18-10-11/h6-7,9,11,18H,4-5,8,10H2,1-3H3,(H,19,20). The zero-order valence-electron chi connectivity index (χ0n) is 12.8. The Balaban J connectivity index is 2.16. The van der Waals surface area contributed by atoms with Gasteiger partial charge >= 0.3 is 6.09 Å². The number of carbonyl (C=O) groups excluding carboxylic acids is 1. The minimum atomic E-state index is -0.511. The number of amides is 1. The minimum Gasteiger partial charge on any atom is -0.444 e. The Hall–Kier alpha value is -1.26. The fraction of sp³-hybridized carbons (Fsp3) is 0.562. The van der Waals surface area contributed by atoms with Crippen LogP contribution in [0.2, 0.25) is 5.02 Å². The van der Waals surface area contributed by atoms with Crippen LogP contribution in [0.5, 0.6) is 0 Å². The van der Waals surface area contributed by atoms with Crippen LogP contribution < -0.4 is 10.6 Å². The van der Waals surface area contributed by atoms with Gasteiger partial charge in [0.15, 0.2) is 0 Å². The van der Waals surface area contributed by atoms with E-state index in [9.17, 15) is 4.79 Å². The summed E-state index contributed by atoms with van der Waals surface area (Å²) in [5, 5.41) is 6.91. The Kier molecular flexibility index (Phi) is 5.12. The number of carbonyl (C=O) groups is 1. The third-order valence-electron chi connectivity index (χ3n) is 3.39. The Morgan fingerprint density at radius 2 is 2.19 bits per heavy atom. The first-order chi connectivity index (χ1) is 9.85. The quantitative estimate of drug-likeness (QED) is 0.862. The fourth-order valence-corrected chi connectivity index (χ4v) is 2.70. The Morgan fingerprint density at radius 3 is 2.81 bits per heavy atom. The van der Waals surface area contributed by atoms with Gasteiger partial charge in [-0.05, 0) is 69.8 Å². The number of benzene rings is 1. The van der Waals surface area contributed by atoms with Gasteiger partial charge in [0.05, 0.1) is 0 Å². The molecule has 1 aliphatic rings. The number of rotatable bonds is 2. The highest BCUT2D eigenvalue weighted by Crippen LogP contribution is 2.32. The molecule has 1 amide bonds. The lowest BCUT2D eigenvalue weighted by Gasteiger charge is -2.26. The molecule has 2 rings (SSSR count). The van der Waals surface area contributed by atoms with E-state index in [2.05, 4.69) is 10.6 Å². The van der Waals surface area contributed by atoms with E-state index in [1.54, 1.807) is 6.07 Å². The van der Waals surface area contributed by atoms with Crippen LogP contribution in [0.15, 0.2) is 18.2 Å². The van der Waals surface area contributed by atoms with Crippen LogP contribution in [-0.4, -0.2) is 24.8 Å². The second-order valence-electron chi connectivity index (χ2n) is 6.40. The van der Waals surface area contributed by atoms with Crippen LogP contribution in [0, 0.1) is 0 Å². The Bertz CT molecular complexity index is 505. The predicted octanol–water partition coefficient (Wildman–Crippen LogP) is 4.15. The lowest BCUT2D eigenvalue weighted by atomic mass is 9.90. The molecule has 1 unspecified atom stereocenters. The van der Waals surface area contributed by atoms with Gasteiger partial charge in [-0.15, -0.1) is 0 Å². The second kappa shape index (κ2) is 6.67. The van der Waals surface area contributed by atoms with Crippen molar-refractivity contribution >= 4 is 23.4 Å². The molecule has 5 heteroatoms. The first kappa shape index (κ1) is 16.1. The fourth-order valence-electron chi connectivity index (χ4n) is 2.52. The first-order valence-corrected chi connectivity index (χ1v) is 7.73. The van der Waals surface area contributed by atoms with Crippen molar-refractivity contribution in [2.75, 3.05) is 18.4 Å². The van der Waals surface area contributed by atoms with Gasteiger partial charge in [0.25, 0.3) is 0 Å². The molecule has 21 heavy (non-hydrogen) atoms. The predicted molar refractivity (Wildman–Crippen MR) is 86.2 cm³/mol. The molecule has 0 bridgehead atoms. The third kappa shape index (κ3) is 4.90. The van der Waals surface area contributed by atoms with E-state index < -0.39 is 11.7 Å². The summed E-state index contributed by atoms with van der Waals surface area (Å²) in [4.78, 5) is 12.0. The Morgan fingerprint density at radius 1 is 1.43 bits per heavy atom. The van der Waals surface area contributed by atoms with Crippen LogP contribution in [0.3, 0.4) is 0 Å². The topological polar surface area (TPSA) is 50.4 Å². The normalized spacial score (nSPS) is 19.1. The molecule has 1 aromatic rings. The summed E-state index contributed by atoms with van der Waals surface area (Å²) in [6.45, 7) is 7.50. The summed E-state index contributed by atoms with van der Waals surface area (Å²) < 4.78 is 5.32. The van der Waals surface area contributed by atoms with Crippen molar-refractivity contribution in [2.24, 2.45) is 0 Å². The van der Waals surface area contributed by atoms with Gasteiger partial charge in [0, 0.05) is 17.3 Å². The van der Waals surface area contributed by atoms with Gasteiger partial charge in [0.2, 0.25) is 0 Å². The van der Waals surface area contributed by atoms with Gasteiger partial charge in [-0.3, -0.25) is 5.32 Å². The molecule has 0 saturated carbocycles. The zero-order valence-corrected chi connectivity index (χ0v) is 13.6. The number of piperidine rings is 1. The van der Waals surface area contributed by atoms with Gasteiger partial charge in [-0.2, -0.15) is 0 Å². The number of nitrogens with one attached hydrogen (secondary N) is 2. The van der Waals surface area contributed by atoms with Gasteiger partial charge < -0.3 is 10.1 Å². The molecule has 4 nitrogen and oxygen atoms in total. The summed E-state index contributed by atoms with van der Waals surface area (Å²) in [7, 11) is 0. The van der Waals surface area contributed by atoms with E-state index >= 15 is 0 Å². The second-order valence-corrected chi connectivity index (χ2v) is 6.84. The van der Waals surface area contributed by atoms with Crippen molar-refractivity contribution in [1.29, 1.82) is 0 Å². The average Bonchev–Trinajstić information content (AvgIpc) is 2.40. The number of halogens is 1. The number of hydrogen-bond donors (Lipinski definition) is 2. The highest BCUT2D eigenvalue weighted by atomic mass is 35.5. The van der Waals surface area contributed by atoms with E-state index in [1.165, 1.54) is 0 Å². The first-order valence-electron chi connectivity index (χ1n) is 7.35. The average molecular weight is 311 g/mol. The highest BCUT2D eigenvalue weighted by molar-refractivity contribution is 6.30. The summed E-state index contributed by atoms with van der Waals surface area (Å²) in [5.41, 5.74) is 1.34. The van der Waals surface area contributed by atoms with Crippen LogP contribution >= 0.6 is 11.6 Å². The van der Waals surface area contributed by atoms with E-state index in [1.807, 2.05) is 32.9 Å². The molecular weight excluding hydrogens is 288 g/mol. The molecule has 0 aromatic heterocycles. The van der Waals surface area contributed by atoms with E-state index in [0.717, 1.165) is 37.2 Å². The highest BCUT2D eigenvalue weighted by Gasteiger charge is 2.21. The summed E-state index contributed by atoms with van der Waals surface area (Å²) in [5.74, 6) is 0.363. The summed E-state index contributed by atoms with van der Waals surface area (Å²) in [6.07, 6.45) is 1.79. The molecule has 1 heterocycles.